The van der Waals surface area contributed by atoms with Gasteiger partial charge in [-0.1, -0.05) is 11.6 Å². The molecule has 1 amide bonds. The Balaban J connectivity index is 2.35. The Morgan fingerprint density at radius 2 is 2.05 bits per heavy atom. The molecule has 0 aliphatic heterocycles. The molecule has 1 aliphatic carbocycles. The maximum absolute atomic E-state index is 12.2. The Morgan fingerprint density at radius 1 is 1.45 bits per heavy atom. The van der Waals surface area contributed by atoms with Gasteiger partial charge in [0.15, 0.2) is 0 Å². The first kappa shape index (κ1) is 15.3. The lowest BCUT2D eigenvalue weighted by atomic mass is 10.1. The molecule has 2 rings (SSSR count). The maximum Gasteiger partial charge on any atom is 0.251 e. The molecule has 3 N–H and O–H groups in total. The third-order valence-electron chi connectivity index (χ3n) is 3.56. The van der Waals surface area contributed by atoms with E-state index in [2.05, 4.69) is 5.32 Å². The van der Waals surface area contributed by atoms with E-state index in [-0.39, 0.29) is 27.4 Å². The van der Waals surface area contributed by atoms with Crippen LogP contribution in [-0.4, -0.2) is 20.4 Å². The predicted octanol–water partition coefficient (Wildman–Crippen LogP) is 1.82. The van der Waals surface area contributed by atoms with Crippen LogP contribution in [0.2, 0.25) is 5.02 Å². The van der Waals surface area contributed by atoms with E-state index in [1.807, 2.05) is 6.92 Å². The number of carbonyl (C=O) groups excluding carboxylic acids is 1. The van der Waals surface area contributed by atoms with Crippen molar-refractivity contribution < 1.29 is 13.2 Å². The van der Waals surface area contributed by atoms with Gasteiger partial charge < -0.3 is 5.32 Å². The van der Waals surface area contributed by atoms with Gasteiger partial charge in [-0.2, -0.15) is 0 Å². The maximum atomic E-state index is 12.2. The predicted molar refractivity (Wildman–Crippen MR) is 77.2 cm³/mol. The van der Waals surface area contributed by atoms with Gasteiger partial charge >= 0.3 is 0 Å². The lowest BCUT2D eigenvalue weighted by molar-refractivity contribution is 0.0935. The fourth-order valence-corrected chi connectivity index (χ4v) is 3.29. The Hall–Kier alpha value is -1.11. The zero-order valence-corrected chi connectivity index (χ0v) is 12.9. The summed E-state index contributed by atoms with van der Waals surface area (Å²) in [6.45, 7) is 3.49. The van der Waals surface area contributed by atoms with E-state index in [9.17, 15) is 13.2 Å². The van der Waals surface area contributed by atoms with Crippen LogP contribution in [0.1, 0.15) is 35.7 Å². The zero-order chi connectivity index (χ0) is 15.1. The van der Waals surface area contributed by atoms with E-state index < -0.39 is 10.0 Å². The highest BCUT2D eigenvalue weighted by Crippen LogP contribution is 2.32. The number of hydrogen-bond acceptors (Lipinski definition) is 3. The van der Waals surface area contributed by atoms with Gasteiger partial charge in [-0.05, 0) is 50.3 Å². The third kappa shape index (κ3) is 3.31. The number of rotatable bonds is 4. The highest BCUT2D eigenvalue weighted by Gasteiger charge is 2.29. The number of primary sulfonamides is 1. The smallest absolute Gasteiger partial charge is 0.251 e. The Morgan fingerprint density at radius 3 is 2.55 bits per heavy atom. The number of nitrogens with one attached hydrogen (secondary N) is 1. The molecule has 110 valence electrons. The van der Waals surface area contributed by atoms with Gasteiger partial charge in [0.05, 0.1) is 4.90 Å². The van der Waals surface area contributed by atoms with E-state index in [1.165, 1.54) is 12.1 Å². The minimum atomic E-state index is -3.91. The van der Waals surface area contributed by atoms with Crippen molar-refractivity contribution in [3.8, 4) is 0 Å². The summed E-state index contributed by atoms with van der Waals surface area (Å²) in [5, 5.41) is 8.18. The SMILES string of the molecule is Cc1c(C(=O)NC(C)C2CC2)cc(Cl)cc1S(N)(=O)=O. The van der Waals surface area contributed by atoms with Crippen LogP contribution in [0.4, 0.5) is 0 Å². The van der Waals surface area contributed by atoms with E-state index in [0.717, 1.165) is 12.8 Å². The summed E-state index contributed by atoms with van der Waals surface area (Å²) >= 11 is 5.88. The summed E-state index contributed by atoms with van der Waals surface area (Å²) in [7, 11) is -3.91. The molecule has 1 fully saturated rings. The molecule has 20 heavy (non-hydrogen) atoms. The number of sulfonamides is 1. The van der Waals surface area contributed by atoms with Crippen LogP contribution in [0.25, 0.3) is 0 Å². The molecule has 0 heterocycles. The number of hydrogen-bond donors (Lipinski definition) is 2. The number of halogens is 1. The van der Waals surface area contributed by atoms with Crippen LogP contribution in [0.5, 0.6) is 0 Å². The van der Waals surface area contributed by atoms with E-state index >= 15 is 0 Å². The molecule has 5 nitrogen and oxygen atoms in total. The van der Waals surface area contributed by atoms with Crippen molar-refractivity contribution in [2.45, 2.75) is 37.6 Å². The highest BCUT2D eigenvalue weighted by atomic mass is 35.5. The van der Waals surface area contributed by atoms with Crippen molar-refractivity contribution in [1.82, 2.24) is 5.32 Å². The van der Waals surface area contributed by atoms with Gasteiger partial charge in [0.1, 0.15) is 0 Å². The Labute approximate surface area is 123 Å². The monoisotopic (exact) mass is 316 g/mol. The van der Waals surface area contributed by atoms with Crippen molar-refractivity contribution in [3.63, 3.8) is 0 Å². The fraction of sp³-hybridized carbons (Fsp3) is 0.462. The first-order chi connectivity index (χ1) is 9.20. The lowest BCUT2D eigenvalue weighted by Gasteiger charge is -2.15. The fourth-order valence-electron chi connectivity index (χ4n) is 2.18. The van der Waals surface area contributed by atoms with Gasteiger partial charge in [-0.25, -0.2) is 13.6 Å². The van der Waals surface area contributed by atoms with Crippen LogP contribution in [-0.2, 0) is 10.0 Å². The number of carbonyl (C=O) groups is 1. The zero-order valence-electron chi connectivity index (χ0n) is 11.3. The first-order valence-corrected chi connectivity index (χ1v) is 8.26. The molecule has 0 saturated heterocycles. The van der Waals surface area contributed by atoms with Crippen LogP contribution in [0.3, 0.4) is 0 Å². The Bertz CT molecular complexity index is 654. The molecule has 1 atom stereocenters. The quantitative estimate of drug-likeness (QED) is 0.888. The second-order valence-electron chi connectivity index (χ2n) is 5.22. The van der Waals surface area contributed by atoms with Crippen molar-refractivity contribution in [2.75, 3.05) is 0 Å². The molecule has 1 unspecified atom stereocenters. The molecule has 0 bridgehead atoms. The van der Waals surface area contributed by atoms with Gasteiger partial charge in [0.2, 0.25) is 10.0 Å². The summed E-state index contributed by atoms with van der Waals surface area (Å²) in [5.74, 6) is 0.186. The minimum absolute atomic E-state index is 0.0683. The minimum Gasteiger partial charge on any atom is -0.349 e. The van der Waals surface area contributed by atoms with Gasteiger partial charge in [-0.15, -0.1) is 0 Å². The molecule has 0 aromatic heterocycles. The second-order valence-corrected chi connectivity index (χ2v) is 7.19. The summed E-state index contributed by atoms with van der Waals surface area (Å²) < 4.78 is 23.0. The van der Waals surface area contributed by atoms with Gasteiger partial charge in [0.25, 0.3) is 5.91 Å². The van der Waals surface area contributed by atoms with Crippen LogP contribution in [0, 0.1) is 12.8 Å². The van der Waals surface area contributed by atoms with Crippen LogP contribution in [0.15, 0.2) is 17.0 Å². The topological polar surface area (TPSA) is 89.3 Å². The van der Waals surface area contributed by atoms with Gasteiger partial charge in [-0.3, -0.25) is 4.79 Å². The molecule has 1 saturated carbocycles. The van der Waals surface area contributed by atoms with E-state index in [1.54, 1.807) is 6.92 Å². The number of nitrogens with two attached hydrogens (primary N) is 1. The van der Waals surface area contributed by atoms with E-state index in [0.29, 0.717) is 11.5 Å². The molecule has 0 radical (unpaired) electrons. The summed E-state index contributed by atoms with van der Waals surface area (Å²) in [6.07, 6.45) is 2.22. The summed E-state index contributed by atoms with van der Waals surface area (Å²) in [6, 6.07) is 2.78. The van der Waals surface area contributed by atoms with Crippen LogP contribution < -0.4 is 10.5 Å². The normalized spacial score (nSPS) is 16.8. The van der Waals surface area contributed by atoms with Crippen molar-refractivity contribution in [3.05, 3.63) is 28.3 Å². The van der Waals surface area contributed by atoms with Crippen molar-refractivity contribution in [1.29, 1.82) is 0 Å². The molecule has 1 aromatic carbocycles. The Kier molecular flexibility index (Phi) is 4.09. The molecule has 1 aromatic rings. The van der Waals surface area contributed by atoms with Crippen molar-refractivity contribution >= 4 is 27.5 Å². The van der Waals surface area contributed by atoms with Crippen LogP contribution >= 0.6 is 11.6 Å². The summed E-state index contributed by atoms with van der Waals surface area (Å²) in [5.41, 5.74) is 0.562. The van der Waals surface area contributed by atoms with Crippen molar-refractivity contribution in [2.24, 2.45) is 11.1 Å². The number of amides is 1. The second kappa shape index (κ2) is 5.35. The largest absolute Gasteiger partial charge is 0.349 e. The van der Waals surface area contributed by atoms with Gasteiger partial charge in [0, 0.05) is 16.6 Å². The summed E-state index contributed by atoms with van der Waals surface area (Å²) in [4.78, 5) is 12.1. The first-order valence-electron chi connectivity index (χ1n) is 6.34. The molecule has 7 heteroatoms. The standard InChI is InChI=1S/C13H17ClN2O3S/c1-7-11(13(17)16-8(2)9-3-4-9)5-10(14)6-12(7)20(15,18)19/h5-6,8-9H,3-4H2,1-2H3,(H,16,17)(H2,15,18,19). The molecular weight excluding hydrogens is 300 g/mol. The molecule has 1 aliphatic rings. The third-order valence-corrected chi connectivity index (χ3v) is 4.82. The number of benzene rings is 1. The van der Waals surface area contributed by atoms with E-state index in [4.69, 9.17) is 16.7 Å². The average molecular weight is 317 g/mol. The molecular formula is C13H17ClN2O3S. The average Bonchev–Trinajstić information content (AvgIpc) is 3.13. The lowest BCUT2D eigenvalue weighted by Crippen LogP contribution is -2.34. The highest BCUT2D eigenvalue weighted by molar-refractivity contribution is 7.89. The molecule has 0 spiro atoms.